The Hall–Kier alpha value is -1.71. The molecule has 0 aromatic heterocycles. The summed E-state index contributed by atoms with van der Waals surface area (Å²) in [6.45, 7) is 4.18. The number of nitrogens with zero attached hydrogens (tertiary/aromatic N) is 2. The van der Waals surface area contributed by atoms with Gasteiger partial charge in [-0.1, -0.05) is 23.7 Å². The van der Waals surface area contributed by atoms with E-state index in [1.54, 1.807) is 0 Å². The molecule has 2 aromatic rings. The molecule has 1 heterocycles. The van der Waals surface area contributed by atoms with Crippen LogP contribution in [0.15, 0.2) is 36.4 Å². The van der Waals surface area contributed by atoms with Gasteiger partial charge in [-0.25, -0.2) is 0 Å². The number of hydrogen-bond acceptors (Lipinski definition) is 3. The van der Waals surface area contributed by atoms with Crippen molar-refractivity contribution in [3.8, 4) is 5.75 Å². The number of anilines is 1. The van der Waals surface area contributed by atoms with E-state index in [9.17, 15) is 5.11 Å². The van der Waals surface area contributed by atoms with Gasteiger partial charge in [-0.05, 0) is 67.8 Å². The van der Waals surface area contributed by atoms with Crippen molar-refractivity contribution >= 4 is 17.3 Å². The molecular weight excluding hydrogens is 320 g/mol. The molecule has 2 aromatic carbocycles. The number of rotatable bonds is 1. The first-order valence-electron chi connectivity index (χ1n) is 8.57. The Morgan fingerprint density at radius 1 is 1.08 bits per heavy atom. The van der Waals surface area contributed by atoms with Crippen molar-refractivity contribution in [2.45, 2.75) is 31.8 Å². The van der Waals surface area contributed by atoms with Crippen LogP contribution in [0.2, 0.25) is 5.02 Å². The first-order valence-corrected chi connectivity index (χ1v) is 8.95. The molecule has 1 saturated heterocycles. The van der Waals surface area contributed by atoms with E-state index in [1.165, 1.54) is 16.8 Å². The van der Waals surface area contributed by atoms with E-state index in [-0.39, 0.29) is 0 Å². The summed E-state index contributed by atoms with van der Waals surface area (Å²) >= 11 is 6.14. The van der Waals surface area contributed by atoms with Crippen molar-refractivity contribution in [3.63, 3.8) is 0 Å². The van der Waals surface area contributed by atoms with E-state index >= 15 is 0 Å². The molecule has 126 valence electrons. The second-order valence-electron chi connectivity index (χ2n) is 7.06. The van der Waals surface area contributed by atoms with Gasteiger partial charge < -0.3 is 10.0 Å². The number of fused-ring (bicyclic) bond motifs is 2. The van der Waals surface area contributed by atoms with Crippen LogP contribution in [0.4, 0.5) is 5.69 Å². The summed E-state index contributed by atoms with van der Waals surface area (Å²) in [6, 6.07) is 12.9. The standard InChI is InChI=1S/C20H23ClN2O/c1-13-10-15(21)6-7-17(13)23-9-8-22(2)18-11-14-4-3-5-20(24)16(14)12-19(18)23/h3-7,10,18-19,24H,8-9,11-12H2,1-2H3. The van der Waals surface area contributed by atoms with E-state index < -0.39 is 0 Å². The Morgan fingerprint density at radius 2 is 1.92 bits per heavy atom. The topological polar surface area (TPSA) is 26.7 Å². The number of halogens is 1. The van der Waals surface area contributed by atoms with Crippen molar-refractivity contribution in [3.05, 3.63) is 58.1 Å². The fourth-order valence-electron chi connectivity index (χ4n) is 4.36. The molecule has 1 N–H and O–H groups in total. The van der Waals surface area contributed by atoms with Gasteiger partial charge in [0.05, 0.1) is 0 Å². The fourth-order valence-corrected chi connectivity index (χ4v) is 4.59. The Bertz CT molecular complexity index is 776. The third-order valence-electron chi connectivity index (χ3n) is 5.66. The number of phenols is 1. The maximum Gasteiger partial charge on any atom is 0.119 e. The summed E-state index contributed by atoms with van der Waals surface area (Å²) in [5.74, 6) is 0.437. The van der Waals surface area contributed by atoms with Gasteiger partial charge in [-0.3, -0.25) is 4.90 Å². The molecule has 1 fully saturated rings. The van der Waals surface area contributed by atoms with Crippen LogP contribution in [0.1, 0.15) is 16.7 Å². The second-order valence-corrected chi connectivity index (χ2v) is 7.50. The Kier molecular flexibility index (Phi) is 3.93. The average molecular weight is 343 g/mol. The van der Waals surface area contributed by atoms with Gasteiger partial charge >= 0.3 is 0 Å². The molecule has 2 aliphatic rings. The largest absolute Gasteiger partial charge is 0.508 e. The Balaban J connectivity index is 1.74. The number of benzene rings is 2. The number of likely N-dealkylation sites (N-methyl/N-ethyl adjacent to an activating group) is 1. The maximum absolute atomic E-state index is 10.3. The lowest BCUT2D eigenvalue weighted by Crippen LogP contribution is -2.61. The lowest BCUT2D eigenvalue weighted by Gasteiger charge is -2.50. The van der Waals surface area contributed by atoms with Gasteiger partial charge in [0, 0.05) is 35.9 Å². The van der Waals surface area contributed by atoms with Crippen molar-refractivity contribution in [1.29, 1.82) is 0 Å². The minimum Gasteiger partial charge on any atom is -0.508 e. The zero-order valence-electron chi connectivity index (χ0n) is 14.2. The smallest absolute Gasteiger partial charge is 0.119 e. The SMILES string of the molecule is Cc1cc(Cl)ccc1N1CCN(C)C2Cc3cccc(O)c3CC21. The molecule has 2 atom stereocenters. The predicted octanol–water partition coefficient (Wildman–Crippen LogP) is 3.64. The molecule has 2 unspecified atom stereocenters. The Morgan fingerprint density at radius 3 is 2.71 bits per heavy atom. The quantitative estimate of drug-likeness (QED) is 0.857. The fraction of sp³-hybridized carbons (Fsp3) is 0.400. The van der Waals surface area contributed by atoms with Crippen LogP contribution < -0.4 is 4.90 Å². The molecule has 4 heteroatoms. The first-order chi connectivity index (χ1) is 11.5. The van der Waals surface area contributed by atoms with Crippen molar-refractivity contribution in [1.82, 2.24) is 4.90 Å². The van der Waals surface area contributed by atoms with Gasteiger partial charge in [0.25, 0.3) is 0 Å². The summed E-state index contributed by atoms with van der Waals surface area (Å²) in [4.78, 5) is 4.99. The predicted molar refractivity (Wildman–Crippen MR) is 99.3 cm³/mol. The zero-order valence-corrected chi connectivity index (χ0v) is 14.9. The molecule has 24 heavy (non-hydrogen) atoms. The molecule has 0 amide bonds. The van der Waals surface area contributed by atoms with Crippen LogP contribution in [-0.2, 0) is 12.8 Å². The average Bonchev–Trinajstić information content (AvgIpc) is 2.56. The molecule has 4 rings (SSSR count). The third kappa shape index (κ3) is 2.56. The number of aromatic hydroxyl groups is 1. The molecule has 0 spiro atoms. The van der Waals surface area contributed by atoms with Crippen LogP contribution in [0.5, 0.6) is 5.75 Å². The number of aryl methyl sites for hydroxylation is 1. The van der Waals surface area contributed by atoms with E-state index in [1.807, 2.05) is 24.3 Å². The second kappa shape index (κ2) is 5.98. The molecule has 1 aliphatic heterocycles. The van der Waals surface area contributed by atoms with Crippen LogP contribution in [-0.4, -0.2) is 42.2 Å². The normalized spacial score (nSPS) is 23.7. The molecule has 0 saturated carbocycles. The molecule has 3 nitrogen and oxygen atoms in total. The van der Waals surface area contributed by atoms with Gasteiger partial charge in [-0.2, -0.15) is 0 Å². The molecule has 0 radical (unpaired) electrons. The summed E-state index contributed by atoms with van der Waals surface area (Å²) < 4.78 is 0. The van der Waals surface area contributed by atoms with Crippen LogP contribution in [0.3, 0.4) is 0 Å². The monoisotopic (exact) mass is 342 g/mol. The summed E-state index contributed by atoms with van der Waals surface area (Å²) in [7, 11) is 2.22. The highest BCUT2D eigenvalue weighted by atomic mass is 35.5. The first kappa shape index (κ1) is 15.8. The van der Waals surface area contributed by atoms with E-state index in [4.69, 9.17) is 11.6 Å². The van der Waals surface area contributed by atoms with Crippen LogP contribution in [0, 0.1) is 6.92 Å². The minimum atomic E-state index is 0.379. The summed E-state index contributed by atoms with van der Waals surface area (Å²) in [5.41, 5.74) is 4.89. The van der Waals surface area contributed by atoms with Crippen molar-refractivity contribution < 1.29 is 5.11 Å². The highest BCUT2D eigenvalue weighted by Crippen LogP contribution is 2.37. The number of hydrogen-bond donors (Lipinski definition) is 1. The van der Waals surface area contributed by atoms with Crippen LogP contribution >= 0.6 is 11.6 Å². The highest BCUT2D eigenvalue weighted by Gasteiger charge is 2.39. The van der Waals surface area contributed by atoms with Gasteiger partial charge in [0.2, 0.25) is 0 Å². The van der Waals surface area contributed by atoms with Gasteiger partial charge in [0.15, 0.2) is 0 Å². The lowest BCUT2D eigenvalue weighted by molar-refractivity contribution is 0.163. The van der Waals surface area contributed by atoms with Crippen molar-refractivity contribution in [2.24, 2.45) is 0 Å². The van der Waals surface area contributed by atoms with E-state index in [2.05, 4.69) is 35.9 Å². The lowest BCUT2D eigenvalue weighted by atomic mass is 9.81. The van der Waals surface area contributed by atoms with Gasteiger partial charge in [-0.15, -0.1) is 0 Å². The molecular formula is C20H23ClN2O. The van der Waals surface area contributed by atoms with Gasteiger partial charge in [0.1, 0.15) is 5.75 Å². The zero-order chi connectivity index (χ0) is 16.8. The number of phenolic OH excluding ortho intramolecular Hbond substituents is 1. The van der Waals surface area contributed by atoms with Crippen molar-refractivity contribution in [2.75, 3.05) is 25.0 Å². The Labute approximate surface area is 148 Å². The molecule has 1 aliphatic carbocycles. The van der Waals surface area contributed by atoms with Crippen LogP contribution in [0.25, 0.3) is 0 Å². The minimum absolute atomic E-state index is 0.379. The summed E-state index contributed by atoms with van der Waals surface area (Å²) in [5, 5.41) is 11.1. The maximum atomic E-state index is 10.3. The highest BCUT2D eigenvalue weighted by molar-refractivity contribution is 6.30. The van der Waals surface area contributed by atoms with E-state index in [0.29, 0.717) is 17.8 Å². The molecule has 0 bridgehead atoms. The summed E-state index contributed by atoms with van der Waals surface area (Å²) in [6.07, 6.45) is 1.88. The third-order valence-corrected chi connectivity index (χ3v) is 5.90. The number of piperazine rings is 1. The van der Waals surface area contributed by atoms with E-state index in [0.717, 1.165) is 36.5 Å².